The molecule has 2 rings (SSSR count). The molecular formula is C17H20N2O6S2. The number of ether oxygens (including phenoxy) is 1. The second-order valence-electron chi connectivity index (χ2n) is 5.86. The van der Waals surface area contributed by atoms with E-state index in [4.69, 9.17) is 0 Å². The fraction of sp³-hybridized carbons (Fsp3) is 0.235. The molecule has 8 nitrogen and oxygen atoms in total. The average molecular weight is 412 g/mol. The molecule has 146 valence electrons. The summed E-state index contributed by atoms with van der Waals surface area (Å²) in [6.45, 7) is 1.64. The fourth-order valence-corrected chi connectivity index (χ4v) is 4.51. The van der Waals surface area contributed by atoms with Crippen molar-refractivity contribution in [2.75, 3.05) is 25.9 Å². The second-order valence-corrected chi connectivity index (χ2v) is 9.66. The van der Waals surface area contributed by atoms with Crippen molar-refractivity contribution >= 4 is 31.7 Å². The molecule has 0 bridgehead atoms. The normalized spacial score (nSPS) is 12.0. The van der Waals surface area contributed by atoms with Gasteiger partial charge in [0.05, 0.1) is 23.3 Å². The van der Waals surface area contributed by atoms with E-state index in [1.807, 2.05) is 0 Å². The molecule has 0 heterocycles. The van der Waals surface area contributed by atoms with E-state index in [1.165, 1.54) is 56.6 Å². The minimum Gasteiger partial charge on any atom is -0.465 e. The molecule has 10 heteroatoms. The molecule has 0 atom stereocenters. The number of methoxy groups -OCH3 is 1. The van der Waals surface area contributed by atoms with E-state index < -0.39 is 26.0 Å². The Hall–Kier alpha value is -2.43. The number of nitrogens with zero attached hydrogens (tertiary/aromatic N) is 1. The number of hydrogen-bond donors (Lipinski definition) is 1. The molecule has 2 aromatic rings. The largest absolute Gasteiger partial charge is 0.465 e. The summed E-state index contributed by atoms with van der Waals surface area (Å²) in [5, 5.41) is 0. The number of esters is 1. The Balaban J connectivity index is 2.53. The molecule has 0 aromatic heterocycles. The summed E-state index contributed by atoms with van der Waals surface area (Å²) < 4.78 is 58.2. The summed E-state index contributed by atoms with van der Waals surface area (Å²) in [6, 6.07) is 9.72. The van der Waals surface area contributed by atoms with Crippen LogP contribution in [-0.2, 0) is 24.8 Å². The van der Waals surface area contributed by atoms with Gasteiger partial charge in [-0.1, -0.05) is 18.2 Å². The summed E-state index contributed by atoms with van der Waals surface area (Å²) in [4.78, 5) is 11.5. The van der Waals surface area contributed by atoms with Gasteiger partial charge in [0.1, 0.15) is 4.90 Å². The van der Waals surface area contributed by atoms with Crippen LogP contribution in [0.2, 0.25) is 0 Å². The maximum Gasteiger partial charge on any atom is 0.339 e. The molecular weight excluding hydrogens is 392 g/mol. The predicted molar refractivity (Wildman–Crippen MR) is 101 cm³/mol. The van der Waals surface area contributed by atoms with Gasteiger partial charge >= 0.3 is 5.97 Å². The highest BCUT2D eigenvalue weighted by atomic mass is 32.2. The number of sulfonamides is 2. The summed E-state index contributed by atoms with van der Waals surface area (Å²) in [6.07, 6.45) is 0. The molecule has 0 aliphatic carbocycles. The third kappa shape index (κ3) is 4.29. The van der Waals surface area contributed by atoms with Crippen LogP contribution in [-0.4, -0.2) is 48.3 Å². The monoisotopic (exact) mass is 412 g/mol. The number of carbonyl (C=O) groups is 1. The number of anilines is 1. The molecule has 0 aliphatic heterocycles. The number of nitrogens with one attached hydrogen (secondary N) is 1. The van der Waals surface area contributed by atoms with Crippen molar-refractivity contribution in [3.63, 3.8) is 0 Å². The van der Waals surface area contributed by atoms with Gasteiger partial charge in [-0.25, -0.2) is 25.9 Å². The highest BCUT2D eigenvalue weighted by Gasteiger charge is 2.24. The van der Waals surface area contributed by atoms with Crippen LogP contribution >= 0.6 is 0 Å². The maximum absolute atomic E-state index is 12.8. The van der Waals surface area contributed by atoms with Crippen LogP contribution in [0, 0.1) is 6.92 Å². The fourth-order valence-electron chi connectivity index (χ4n) is 2.26. The Labute approximate surface area is 158 Å². The van der Waals surface area contributed by atoms with E-state index in [9.17, 15) is 21.6 Å². The first-order chi connectivity index (χ1) is 12.5. The summed E-state index contributed by atoms with van der Waals surface area (Å²) in [5.41, 5.74) is 0.492. The van der Waals surface area contributed by atoms with Crippen LogP contribution in [0.15, 0.2) is 52.3 Å². The van der Waals surface area contributed by atoms with E-state index in [1.54, 1.807) is 6.92 Å². The maximum atomic E-state index is 12.8. The molecule has 2 aromatic carbocycles. The molecule has 0 unspecified atom stereocenters. The highest BCUT2D eigenvalue weighted by molar-refractivity contribution is 7.92. The van der Waals surface area contributed by atoms with Gasteiger partial charge in [-0.3, -0.25) is 4.72 Å². The van der Waals surface area contributed by atoms with Crippen LogP contribution in [0.5, 0.6) is 0 Å². The van der Waals surface area contributed by atoms with Crippen LogP contribution < -0.4 is 4.72 Å². The zero-order valence-electron chi connectivity index (χ0n) is 15.3. The van der Waals surface area contributed by atoms with Crippen LogP contribution in [0.1, 0.15) is 15.9 Å². The molecule has 0 radical (unpaired) electrons. The minimum atomic E-state index is -4.16. The Kier molecular flexibility index (Phi) is 5.93. The Bertz CT molecular complexity index is 1080. The average Bonchev–Trinajstić information content (AvgIpc) is 2.62. The Morgan fingerprint density at radius 2 is 1.67 bits per heavy atom. The van der Waals surface area contributed by atoms with E-state index in [0.29, 0.717) is 5.56 Å². The first-order valence-corrected chi connectivity index (χ1v) is 10.7. The van der Waals surface area contributed by atoms with Crippen molar-refractivity contribution in [1.29, 1.82) is 0 Å². The van der Waals surface area contributed by atoms with Crippen LogP contribution in [0.3, 0.4) is 0 Å². The van der Waals surface area contributed by atoms with Gasteiger partial charge in [0.15, 0.2) is 0 Å². The quantitative estimate of drug-likeness (QED) is 0.725. The van der Waals surface area contributed by atoms with E-state index in [0.717, 1.165) is 11.4 Å². The molecule has 27 heavy (non-hydrogen) atoms. The predicted octanol–water partition coefficient (Wildman–Crippen LogP) is 1.83. The molecule has 0 spiro atoms. The molecule has 0 amide bonds. The van der Waals surface area contributed by atoms with Gasteiger partial charge in [0.25, 0.3) is 10.0 Å². The number of aryl methyl sites for hydroxylation is 1. The highest BCUT2D eigenvalue weighted by Crippen LogP contribution is 2.26. The summed E-state index contributed by atoms with van der Waals surface area (Å²) >= 11 is 0. The second kappa shape index (κ2) is 7.67. The van der Waals surface area contributed by atoms with Crippen molar-refractivity contribution in [3.05, 3.63) is 53.6 Å². The van der Waals surface area contributed by atoms with Crippen LogP contribution in [0.25, 0.3) is 0 Å². The van der Waals surface area contributed by atoms with Gasteiger partial charge in [-0.2, -0.15) is 0 Å². The zero-order valence-corrected chi connectivity index (χ0v) is 16.9. The molecule has 0 fully saturated rings. The SMILES string of the molecule is COC(=O)c1ccccc1S(=O)(=O)Nc1cc(S(=O)(=O)N(C)C)ccc1C. The number of hydrogen-bond acceptors (Lipinski definition) is 6. The van der Waals surface area contributed by atoms with Gasteiger partial charge in [-0.05, 0) is 36.8 Å². The van der Waals surface area contributed by atoms with Crippen molar-refractivity contribution in [2.24, 2.45) is 0 Å². The first-order valence-electron chi connectivity index (χ1n) is 7.74. The molecule has 0 saturated heterocycles. The lowest BCUT2D eigenvalue weighted by molar-refractivity contribution is 0.0596. The van der Waals surface area contributed by atoms with Crippen molar-refractivity contribution in [1.82, 2.24) is 4.31 Å². The van der Waals surface area contributed by atoms with Gasteiger partial charge in [0.2, 0.25) is 10.0 Å². The minimum absolute atomic E-state index is 0.0583. The summed E-state index contributed by atoms with van der Waals surface area (Å²) in [7, 11) is -3.99. The standard InChI is InChI=1S/C17H20N2O6S2/c1-12-9-10-13(27(23,24)19(2)3)11-15(12)18-26(21,22)16-8-6-5-7-14(16)17(20)25-4/h5-11,18H,1-4H3. The van der Waals surface area contributed by atoms with Crippen LogP contribution in [0.4, 0.5) is 5.69 Å². The molecule has 1 N–H and O–H groups in total. The lowest BCUT2D eigenvalue weighted by Crippen LogP contribution is -2.23. The number of benzene rings is 2. The van der Waals surface area contributed by atoms with Crippen molar-refractivity contribution in [3.8, 4) is 0 Å². The molecule has 0 aliphatic rings. The summed E-state index contributed by atoms with van der Waals surface area (Å²) in [5.74, 6) is -0.795. The van der Waals surface area contributed by atoms with Gasteiger partial charge in [-0.15, -0.1) is 0 Å². The zero-order chi connectivity index (χ0) is 20.4. The molecule has 0 saturated carbocycles. The third-order valence-corrected chi connectivity index (χ3v) is 7.05. The van der Waals surface area contributed by atoms with Gasteiger partial charge in [0, 0.05) is 14.1 Å². The topological polar surface area (TPSA) is 110 Å². The number of rotatable bonds is 6. The lowest BCUT2D eigenvalue weighted by atomic mass is 10.2. The van der Waals surface area contributed by atoms with Gasteiger partial charge < -0.3 is 4.74 Å². The van der Waals surface area contributed by atoms with Crippen molar-refractivity contribution in [2.45, 2.75) is 16.7 Å². The lowest BCUT2D eigenvalue weighted by Gasteiger charge is -2.16. The first kappa shape index (κ1) is 20.9. The number of carbonyl (C=O) groups excluding carboxylic acids is 1. The van der Waals surface area contributed by atoms with Crippen molar-refractivity contribution < 1.29 is 26.4 Å². The van der Waals surface area contributed by atoms with E-state index in [2.05, 4.69) is 9.46 Å². The third-order valence-electron chi connectivity index (χ3n) is 3.81. The Morgan fingerprint density at radius 1 is 1.04 bits per heavy atom. The Morgan fingerprint density at radius 3 is 2.26 bits per heavy atom. The van der Waals surface area contributed by atoms with E-state index >= 15 is 0 Å². The smallest absolute Gasteiger partial charge is 0.339 e. The van der Waals surface area contributed by atoms with E-state index in [-0.39, 0.29) is 21.0 Å².